The van der Waals surface area contributed by atoms with Gasteiger partial charge in [-0.15, -0.1) is 0 Å². The van der Waals surface area contributed by atoms with E-state index >= 15 is 0 Å². The lowest BCUT2D eigenvalue weighted by molar-refractivity contribution is -0.116. The molecular weight excluding hydrogens is 247 g/mol. The second-order valence-electron chi connectivity index (χ2n) is 4.69. The van der Waals surface area contributed by atoms with Gasteiger partial charge in [0.15, 0.2) is 0 Å². The lowest BCUT2D eigenvalue weighted by Gasteiger charge is -2.35. The quantitative estimate of drug-likeness (QED) is 0.827. The number of carbonyl (C=O) groups is 1. The van der Waals surface area contributed by atoms with Crippen molar-refractivity contribution in [3.05, 3.63) is 30.1 Å². The van der Waals surface area contributed by atoms with Crippen molar-refractivity contribution in [2.45, 2.75) is 31.9 Å². The summed E-state index contributed by atoms with van der Waals surface area (Å²) in [6, 6.07) is 6.21. The molecule has 0 saturated heterocycles. The number of hydrogen-bond donors (Lipinski definition) is 2. The third-order valence-corrected chi connectivity index (χ3v) is 3.16. The molecular formula is C14H19FN2O2. The fourth-order valence-corrected chi connectivity index (χ4v) is 2.11. The summed E-state index contributed by atoms with van der Waals surface area (Å²) in [4.78, 5) is 11.6. The topological polar surface area (TPSA) is 50.4 Å². The molecule has 1 saturated carbocycles. The molecule has 2 rings (SSSR count). The van der Waals surface area contributed by atoms with Crippen LogP contribution in [0.25, 0.3) is 0 Å². The maximum Gasteiger partial charge on any atom is 0.238 e. The van der Waals surface area contributed by atoms with Crippen LogP contribution >= 0.6 is 0 Å². The smallest absolute Gasteiger partial charge is 0.238 e. The van der Waals surface area contributed by atoms with Crippen LogP contribution in [-0.4, -0.2) is 31.2 Å². The molecule has 2 N–H and O–H groups in total. The zero-order chi connectivity index (χ0) is 13.7. The van der Waals surface area contributed by atoms with Crippen molar-refractivity contribution in [2.75, 3.05) is 18.5 Å². The van der Waals surface area contributed by atoms with Crippen molar-refractivity contribution < 1.29 is 13.9 Å². The number of nitrogens with one attached hydrogen (secondary N) is 2. The summed E-state index contributed by atoms with van der Waals surface area (Å²) in [5.41, 5.74) is 0.479. The first-order chi connectivity index (χ1) is 9.17. The number of rotatable bonds is 6. The molecule has 4 nitrogen and oxygen atoms in total. The molecule has 1 aliphatic rings. The maximum atomic E-state index is 12.9. The first kappa shape index (κ1) is 14.0. The van der Waals surface area contributed by atoms with Crippen molar-refractivity contribution in [3.63, 3.8) is 0 Å². The van der Waals surface area contributed by atoms with Gasteiger partial charge in [-0.1, -0.05) is 6.07 Å². The third kappa shape index (κ3) is 4.29. The first-order valence-electron chi connectivity index (χ1n) is 6.57. The average Bonchev–Trinajstić information content (AvgIpc) is 2.32. The van der Waals surface area contributed by atoms with E-state index in [9.17, 15) is 9.18 Å². The summed E-state index contributed by atoms with van der Waals surface area (Å²) in [6.45, 7) is 2.95. The van der Waals surface area contributed by atoms with Crippen LogP contribution in [0, 0.1) is 5.82 Å². The van der Waals surface area contributed by atoms with Gasteiger partial charge < -0.3 is 15.4 Å². The van der Waals surface area contributed by atoms with E-state index in [0.717, 1.165) is 19.4 Å². The molecule has 0 bridgehead atoms. The molecule has 1 aromatic rings. The molecule has 0 unspecified atom stereocenters. The van der Waals surface area contributed by atoms with E-state index in [-0.39, 0.29) is 18.3 Å². The van der Waals surface area contributed by atoms with E-state index in [1.165, 1.54) is 12.1 Å². The van der Waals surface area contributed by atoms with Gasteiger partial charge in [0, 0.05) is 18.3 Å². The monoisotopic (exact) mass is 266 g/mol. The van der Waals surface area contributed by atoms with Crippen LogP contribution in [0.4, 0.5) is 10.1 Å². The highest BCUT2D eigenvalue weighted by Crippen LogP contribution is 2.22. The lowest BCUT2D eigenvalue weighted by Crippen LogP contribution is -2.47. The van der Waals surface area contributed by atoms with Crippen LogP contribution in [0.1, 0.15) is 19.8 Å². The highest BCUT2D eigenvalue weighted by atomic mass is 19.1. The predicted octanol–water partition coefficient (Wildman–Crippen LogP) is 1.92. The molecule has 0 radical (unpaired) electrons. The third-order valence-electron chi connectivity index (χ3n) is 3.16. The Morgan fingerprint density at radius 1 is 1.47 bits per heavy atom. The highest BCUT2D eigenvalue weighted by molar-refractivity contribution is 5.92. The van der Waals surface area contributed by atoms with E-state index in [4.69, 9.17) is 4.74 Å². The standard InChI is InChI=1S/C14H19FN2O2/c1-2-19-13-7-12(8-13)16-9-14(18)17-11-5-3-4-10(15)6-11/h3-6,12-13,16H,2,7-9H2,1H3,(H,17,18). The maximum absolute atomic E-state index is 12.9. The van der Waals surface area contributed by atoms with Crippen molar-refractivity contribution in [2.24, 2.45) is 0 Å². The Labute approximate surface area is 112 Å². The summed E-state index contributed by atoms with van der Waals surface area (Å²) < 4.78 is 18.4. The van der Waals surface area contributed by atoms with Crippen LogP contribution < -0.4 is 10.6 Å². The van der Waals surface area contributed by atoms with E-state index in [1.807, 2.05) is 6.92 Å². The number of anilines is 1. The second kappa shape index (κ2) is 6.63. The van der Waals surface area contributed by atoms with Gasteiger partial charge in [0.25, 0.3) is 0 Å². The minimum Gasteiger partial charge on any atom is -0.378 e. The minimum atomic E-state index is -0.357. The second-order valence-corrected chi connectivity index (χ2v) is 4.69. The van der Waals surface area contributed by atoms with Crippen LogP contribution in [-0.2, 0) is 9.53 Å². The normalized spacial score (nSPS) is 21.8. The molecule has 0 aliphatic heterocycles. The van der Waals surface area contributed by atoms with Crippen molar-refractivity contribution in [1.29, 1.82) is 0 Å². The van der Waals surface area contributed by atoms with Crippen LogP contribution in [0.2, 0.25) is 0 Å². The SMILES string of the molecule is CCOC1CC(NCC(=O)Nc2cccc(F)c2)C1. The molecule has 1 aliphatic carbocycles. The summed E-state index contributed by atoms with van der Waals surface area (Å²) in [5.74, 6) is -0.519. The van der Waals surface area contributed by atoms with Crippen molar-refractivity contribution >= 4 is 11.6 Å². The Bertz CT molecular complexity index is 433. The molecule has 1 fully saturated rings. The molecule has 0 heterocycles. The Morgan fingerprint density at radius 2 is 2.26 bits per heavy atom. The number of carbonyl (C=O) groups excluding carboxylic acids is 1. The summed E-state index contributed by atoms with van der Waals surface area (Å²) in [6.07, 6.45) is 2.22. The van der Waals surface area contributed by atoms with Gasteiger partial charge in [-0.3, -0.25) is 4.79 Å². The van der Waals surface area contributed by atoms with Gasteiger partial charge >= 0.3 is 0 Å². The van der Waals surface area contributed by atoms with Gasteiger partial charge in [-0.2, -0.15) is 0 Å². The van der Waals surface area contributed by atoms with Crippen LogP contribution in [0.3, 0.4) is 0 Å². The van der Waals surface area contributed by atoms with E-state index in [0.29, 0.717) is 17.8 Å². The Hall–Kier alpha value is -1.46. The largest absolute Gasteiger partial charge is 0.378 e. The number of benzene rings is 1. The summed E-state index contributed by atoms with van der Waals surface area (Å²) in [5, 5.41) is 5.81. The molecule has 1 aromatic carbocycles. The first-order valence-corrected chi connectivity index (χ1v) is 6.57. The molecule has 0 atom stereocenters. The molecule has 5 heteroatoms. The van der Waals surface area contributed by atoms with E-state index < -0.39 is 0 Å². The number of halogens is 1. The minimum absolute atomic E-state index is 0.162. The number of ether oxygens (including phenoxy) is 1. The lowest BCUT2D eigenvalue weighted by atomic mass is 9.89. The van der Waals surface area contributed by atoms with Crippen LogP contribution in [0.15, 0.2) is 24.3 Å². The fourth-order valence-electron chi connectivity index (χ4n) is 2.11. The highest BCUT2D eigenvalue weighted by Gasteiger charge is 2.29. The van der Waals surface area contributed by atoms with Crippen molar-refractivity contribution in [1.82, 2.24) is 5.32 Å². The van der Waals surface area contributed by atoms with Crippen LogP contribution in [0.5, 0.6) is 0 Å². The fraction of sp³-hybridized carbons (Fsp3) is 0.500. The zero-order valence-electron chi connectivity index (χ0n) is 11.0. The molecule has 1 amide bonds. The van der Waals surface area contributed by atoms with E-state index in [1.54, 1.807) is 12.1 Å². The number of hydrogen-bond acceptors (Lipinski definition) is 3. The Balaban J connectivity index is 1.66. The predicted molar refractivity (Wildman–Crippen MR) is 71.5 cm³/mol. The summed E-state index contributed by atoms with van der Waals surface area (Å²) in [7, 11) is 0. The van der Waals surface area contributed by atoms with Gasteiger partial charge in [-0.25, -0.2) is 4.39 Å². The number of amides is 1. The summed E-state index contributed by atoms with van der Waals surface area (Å²) >= 11 is 0. The van der Waals surface area contributed by atoms with Gasteiger partial charge in [0.2, 0.25) is 5.91 Å². The van der Waals surface area contributed by atoms with Gasteiger partial charge in [0.1, 0.15) is 5.82 Å². The Kier molecular flexibility index (Phi) is 4.87. The molecule has 19 heavy (non-hydrogen) atoms. The van der Waals surface area contributed by atoms with Gasteiger partial charge in [-0.05, 0) is 38.0 Å². The van der Waals surface area contributed by atoms with Gasteiger partial charge in [0.05, 0.1) is 12.6 Å². The molecule has 0 aromatic heterocycles. The Morgan fingerprint density at radius 3 is 2.95 bits per heavy atom. The average molecular weight is 266 g/mol. The molecule has 104 valence electrons. The molecule has 0 spiro atoms. The van der Waals surface area contributed by atoms with E-state index in [2.05, 4.69) is 10.6 Å². The zero-order valence-corrected chi connectivity index (χ0v) is 11.0. The van der Waals surface area contributed by atoms with Crippen molar-refractivity contribution in [3.8, 4) is 0 Å².